The van der Waals surface area contributed by atoms with E-state index in [-0.39, 0.29) is 17.5 Å². The number of rotatable bonds is 6. The molecule has 8 nitrogen and oxygen atoms in total. The number of anilines is 3. The van der Waals surface area contributed by atoms with E-state index >= 15 is 0 Å². The van der Waals surface area contributed by atoms with Crippen molar-refractivity contribution in [1.29, 1.82) is 0 Å². The third-order valence-corrected chi connectivity index (χ3v) is 5.20. The molecule has 10 heteroatoms. The minimum atomic E-state index is -3.78. The second kappa shape index (κ2) is 7.65. The fourth-order valence-electron chi connectivity index (χ4n) is 2.41. The van der Waals surface area contributed by atoms with Gasteiger partial charge in [0.2, 0.25) is 16.0 Å². The lowest BCUT2D eigenvalue weighted by Crippen LogP contribution is -2.20. The molecule has 0 spiro atoms. The van der Waals surface area contributed by atoms with E-state index in [0.29, 0.717) is 33.1 Å². The SMILES string of the molecule is Cc1cc(Nc2ncc(Br)c(NC(C)CO)n2)cc(C)c1S(N)(=O)=O. The predicted octanol–water partition coefficient (Wildman–Crippen LogP) is 2.04. The Morgan fingerprint density at radius 2 is 1.92 bits per heavy atom. The Hall–Kier alpha value is -1.75. The summed E-state index contributed by atoms with van der Waals surface area (Å²) in [7, 11) is -3.78. The summed E-state index contributed by atoms with van der Waals surface area (Å²) in [4.78, 5) is 8.65. The van der Waals surface area contributed by atoms with E-state index in [1.54, 1.807) is 32.2 Å². The van der Waals surface area contributed by atoms with Gasteiger partial charge in [-0.2, -0.15) is 4.98 Å². The number of aryl methyl sites for hydroxylation is 2. The van der Waals surface area contributed by atoms with Crippen molar-refractivity contribution in [2.45, 2.75) is 31.7 Å². The lowest BCUT2D eigenvalue weighted by atomic mass is 10.1. The zero-order valence-electron chi connectivity index (χ0n) is 14.0. The van der Waals surface area contributed by atoms with Gasteiger partial charge in [-0.05, 0) is 60.0 Å². The van der Waals surface area contributed by atoms with E-state index < -0.39 is 10.0 Å². The molecule has 0 radical (unpaired) electrons. The molecule has 2 rings (SSSR count). The van der Waals surface area contributed by atoms with E-state index in [1.165, 1.54) is 0 Å². The predicted molar refractivity (Wildman–Crippen MR) is 100 cm³/mol. The topological polar surface area (TPSA) is 130 Å². The van der Waals surface area contributed by atoms with Gasteiger partial charge in [-0.1, -0.05) is 0 Å². The molecule has 1 unspecified atom stereocenters. The smallest absolute Gasteiger partial charge is 0.238 e. The number of benzene rings is 1. The van der Waals surface area contributed by atoms with Gasteiger partial charge in [-0.3, -0.25) is 0 Å². The minimum absolute atomic E-state index is 0.0351. The number of primary sulfonamides is 1. The van der Waals surface area contributed by atoms with Crippen LogP contribution in [0.1, 0.15) is 18.1 Å². The Morgan fingerprint density at radius 3 is 2.44 bits per heavy atom. The van der Waals surface area contributed by atoms with Gasteiger partial charge >= 0.3 is 0 Å². The molecular formula is C15H20BrN5O3S. The largest absolute Gasteiger partial charge is 0.394 e. The fraction of sp³-hybridized carbons (Fsp3) is 0.333. The van der Waals surface area contributed by atoms with Crippen molar-refractivity contribution in [3.05, 3.63) is 33.9 Å². The number of hydrogen-bond donors (Lipinski definition) is 4. The third kappa shape index (κ3) is 4.88. The summed E-state index contributed by atoms with van der Waals surface area (Å²) >= 11 is 3.35. The molecule has 1 aromatic heterocycles. The van der Waals surface area contributed by atoms with Crippen LogP contribution < -0.4 is 15.8 Å². The summed E-state index contributed by atoms with van der Waals surface area (Å²) in [5.74, 6) is 0.867. The summed E-state index contributed by atoms with van der Waals surface area (Å²) in [6, 6.07) is 3.17. The summed E-state index contributed by atoms with van der Waals surface area (Å²) in [6.45, 7) is 5.14. The first-order valence-corrected chi connectivity index (χ1v) is 9.76. The lowest BCUT2D eigenvalue weighted by molar-refractivity contribution is 0.281. The Balaban J connectivity index is 2.33. The van der Waals surface area contributed by atoms with Crippen LogP contribution in [0.15, 0.2) is 27.7 Å². The van der Waals surface area contributed by atoms with Crippen LogP contribution in [-0.2, 0) is 10.0 Å². The van der Waals surface area contributed by atoms with Gasteiger partial charge in [0.25, 0.3) is 0 Å². The number of aliphatic hydroxyl groups is 1. The number of aliphatic hydroxyl groups excluding tert-OH is 1. The maximum atomic E-state index is 11.7. The molecule has 0 saturated carbocycles. The molecule has 1 atom stereocenters. The Kier molecular flexibility index (Phi) is 5.99. The summed E-state index contributed by atoms with van der Waals surface area (Å²) in [6.07, 6.45) is 1.58. The maximum Gasteiger partial charge on any atom is 0.238 e. The molecule has 0 aliphatic carbocycles. The van der Waals surface area contributed by atoms with Gasteiger partial charge in [0.15, 0.2) is 0 Å². The van der Waals surface area contributed by atoms with Gasteiger partial charge in [0.1, 0.15) is 5.82 Å². The highest BCUT2D eigenvalue weighted by Crippen LogP contribution is 2.26. The number of nitrogens with two attached hydrogens (primary N) is 1. The van der Waals surface area contributed by atoms with Gasteiger partial charge < -0.3 is 15.7 Å². The molecule has 1 heterocycles. The van der Waals surface area contributed by atoms with Crippen LogP contribution in [0.5, 0.6) is 0 Å². The van der Waals surface area contributed by atoms with Gasteiger partial charge in [-0.25, -0.2) is 18.5 Å². The standard InChI is InChI=1S/C15H20BrN5O3S/c1-8-4-11(5-9(2)13(8)25(17,23)24)20-15-18-6-12(16)14(21-15)19-10(3)7-22/h4-6,10,22H,7H2,1-3H3,(H2,17,23,24)(H2,18,19,20,21). The zero-order chi connectivity index (χ0) is 18.8. The van der Waals surface area contributed by atoms with Crippen LogP contribution in [-0.4, -0.2) is 36.1 Å². The Bertz CT molecular complexity index is 866. The summed E-state index contributed by atoms with van der Waals surface area (Å²) < 4.78 is 24.0. The molecule has 0 fully saturated rings. The van der Waals surface area contributed by atoms with Crippen LogP contribution in [0.3, 0.4) is 0 Å². The van der Waals surface area contributed by atoms with Gasteiger partial charge in [0.05, 0.1) is 16.0 Å². The van der Waals surface area contributed by atoms with Gasteiger partial charge in [0, 0.05) is 17.9 Å². The average Bonchev–Trinajstić information content (AvgIpc) is 2.48. The molecule has 2 aromatic rings. The van der Waals surface area contributed by atoms with Crippen molar-refractivity contribution < 1.29 is 13.5 Å². The van der Waals surface area contributed by atoms with Gasteiger partial charge in [-0.15, -0.1) is 0 Å². The number of nitrogens with zero attached hydrogens (tertiary/aromatic N) is 2. The second-order valence-corrected chi connectivity index (χ2v) is 8.08. The number of halogens is 1. The van der Waals surface area contributed by atoms with Crippen LogP contribution in [0.2, 0.25) is 0 Å². The van der Waals surface area contributed by atoms with Crippen molar-refractivity contribution in [3.8, 4) is 0 Å². The van der Waals surface area contributed by atoms with Crippen LogP contribution in [0, 0.1) is 13.8 Å². The van der Waals surface area contributed by atoms with E-state index in [2.05, 4.69) is 36.5 Å². The molecule has 0 aliphatic rings. The Morgan fingerprint density at radius 1 is 1.32 bits per heavy atom. The second-order valence-electron chi connectivity index (χ2n) is 5.73. The number of nitrogens with one attached hydrogen (secondary N) is 2. The van der Waals surface area contributed by atoms with Crippen molar-refractivity contribution >= 4 is 43.4 Å². The first-order valence-electron chi connectivity index (χ1n) is 7.43. The van der Waals surface area contributed by atoms with Crippen LogP contribution in [0.4, 0.5) is 17.5 Å². The molecule has 5 N–H and O–H groups in total. The van der Waals surface area contributed by atoms with E-state index in [1.807, 2.05) is 6.92 Å². The van der Waals surface area contributed by atoms with Crippen molar-refractivity contribution in [2.24, 2.45) is 5.14 Å². The first kappa shape index (κ1) is 19.6. The number of aromatic nitrogens is 2. The molecule has 136 valence electrons. The summed E-state index contributed by atoms with van der Waals surface area (Å²) in [5, 5.41) is 20.5. The van der Waals surface area contributed by atoms with E-state index in [9.17, 15) is 8.42 Å². The van der Waals surface area contributed by atoms with Crippen LogP contribution >= 0.6 is 15.9 Å². The summed E-state index contributed by atoms with van der Waals surface area (Å²) in [5.41, 5.74) is 1.72. The minimum Gasteiger partial charge on any atom is -0.394 e. The first-order chi connectivity index (χ1) is 11.6. The highest BCUT2D eigenvalue weighted by molar-refractivity contribution is 9.10. The van der Waals surface area contributed by atoms with Crippen molar-refractivity contribution in [1.82, 2.24) is 9.97 Å². The maximum absolute atomic E-state index is 11.7. The monoisotopic (exact) mass is 429 g/mol. The van der Waals surface area contributed by atoms with E-state index in [0.717, 1.165) is 0 Å². The lowest BCUT2D eigenvalue weighted by Gasteiger charge is -2.15. The molecular weight excluding hydrogens is 410 g/mol. The number of sulfonamides is 1. The highest BCUT2D eigenvalue weighted by atomic mass is 79.9. The molecule has 0 amide bonds. The molecule has 0 saturated heterocycles. The molecule has 0 bridgehead atoms. The zero-order valence-corrected chi connectivity index (χ0v) is 16.4. The quantitative estimate of drug-likeness (QED) is 0.552. The molecule has 1 aromatic carbocycles. The molecule has 25 heavy (non-hydrogen) atoms. The van der Waals surface area contributed by atoms with Crippen LogP contribution in [0.25, 0.3) is 0 Å². The molecule has 0 aliphatic heterocycles. The average molecular weight is 430 g/mol. The highest BCUT2D eigenvalue weighted by Gasteiger charge is 2.16. The van der Waals surface area contributed by atoms with Crippen molar-refractivity contribution in [2.75, 3.05) is 17.2 Å². The Labute approximate surface area is 155 Å². The van der Waals surface area contributed by atoms with E-state index in [4.69, 9.17) is 10.2 Å². The van der Waals surface area contributed by atoms with Crippen molar-refractivity contribution in [3.63, 3.8) is 0 Å². The normalized spacial score (nSPS) is 12.7. The number of hydrogen-bond acceptors (Lipinski definition) is 7. The fourth-order valence-corrected chi connectivity index (χ4v) is 3.73. The third-order valence-electron chi connectivity index (χ3n) is 3.40.